The molecule has 29 heavy (non-hydrogen) atoms. The molecule has 1 aliphatic heterocycles. The van der Waals surface area contributed by atoms with Crippen LogP contribution in [-0.4, -0.2) is 51.9 Å². The molecule has 1 aliphatic rings. The Hall–Kier alpha value is -1.51. The van der Waals surface area contributed by atoms with Gasteiger partial charge in [-0.05, 0) is 49.6 Å². The molecule has 2 aromatic rings. The Balaban J connectivity index is 1.37. The number of rotatable bonds is 9. The number of amides is 1. The summed E-state index contributed by atoms with van der Waals surface area (Å²) in [5.41, 5.74) is 0.660. The summed E-state index contributed by atoms with van der Waals surface area (Å²) in [6, 6.07) is 3.88. The number of nitrogens with zero attached hydrogens (tertiary/aromatic N) is 2. The zero-order valence-electron chi connectivity index (χ0n) is 17.5. The third-order valence-corrected chi connectivity index (χ3v) is 7.17. The van der Waals surface area contributed by atoms with E-state index in [9.17, 15) is 9.00 Å². The number of oxazole rings is 1. The highest BCUT2D eigenvalue weighted by molar-refractivity contribution is 7.84. The molecule has 2 aromatic heterocycles. The lowest BCUT2D eigenvalue weighted by molar-refractivity contribution is -0.118. The van der Waals surface area contributed by atoms with Crippen LogP contribution in [0.3, 0.4) is 0 Å². The Morgan fingerprint density at radius 1 is 1.38 bits per heavy atom. The van der Waals surface area contributed by atoms with Crippen molar-refractivity contribution in [2.75, 3.05) is 31.9 Å². The highest BCUT2D eigenvalue weighted by Gasteiger charge is 2.21. The number of piperidine rings is 1. The third kappa shape index (κ3) is 6.76. The first-order chi connectivity index (χ1) is 13.9. The number of nitrogens with one attached hydrogen (secondary N) is 1. The number of likely N-dealkylation sites (tertiary alicyclic amines) is 1. The van der Waals surface area contributed by atoms with E-state index in [-0.39, 0.29) is 17.4 Å². The van der Waals surface area contributed by atoms with E-state index < -0.39 is 10.8 Å². The van der Waals surface area contributed by atoms with E-state index in [4.69, 9.17) is 4.42 Å². The van der Waals surface area contributed by atoms with E-state index in [1.54, 1.807) is 11.3 Å². The third-order valence-electron chi connectivity index (χ3n) is 5.13. The van der Waals surface area contributed by atoms with Gasteiger partial charge in [0, 0.05) is 30.4 Å². The second-order valence-electron chi connectivity index (χ2n) is 8.14. The smallest absolute Gasteiger partial charge is 0.236 e. The lowest BCUT2D eigenvalue weighted by Crippen LogP contribution is -2.40. The summed E-state index contributed by atoms with van der Waals surface area (Å²) < 4.78 is 18.1. The second-order valence-corrected chi connectivity index (χ2v) is 10.5. The summed E-state index contributed by atoms with van der Waals surface area (Å²) in [6.07, 6.45) is 2.23. The van der Waals surface area contributed by atoms with Gasteiger partial charge in [0.15, 0.2) is 0 Å². The number of aromatic nitrogens is 1. The van der Waals surface area contributed by atoms with Crippen molar-refractivity contribution in [2.45, 2.75) is 39.4 Å². The van der Waals surface area contributed by atoms with Gasteiger partial charge in [-0.15, -0.1) is 11.3 Å². The summed E-state index contributed by atoms with van der Waals surface area (Å²) >= 11 is 1.55. The van der Waals surface area contributed by atoms with Crippen molar-refractivity contribution in [1.82, 2.24) is 15.2 Å². The highest BCUT2D eigenvalue weighted by atomic mass is 32.2. The fourth-order valence-corrected chi connectivity index (χ4v) is 5.69. The van der Waals surface area contributed by atoms with Gasteiger partial charge in [0.2, 0.25) is 11.8 Å². The molecular weight excluding hydrogens is 406 g/mol. The fourth-order valence-electron chi connectivity index (χ4n) is 3.97. The highest BCUT2D eigenvalue weighted by Crippen LogP contribution is 2.26. The number of carbonyl (C=O) groups is 1. The zero-order valence-corrected chi connectivity index (χ0v) is 19.1. The van der Waals surface area contributed by atoms with Crippen LogP contribution in [0.4, 0.5) is 0 Å². The molecule has 3 rings (SSSR count). The van der Waals surface area contributed by atoms with Crippen LogP contribution in [-0.2, 0) is 21.3 Å². The molecule has 1 N–H and O–H groups in total. The first-order valence-corrected chi connectivity index (χ1v) is 12.6. The molecule has 0 aromatic carbocycles. The minimum Gasteiger partial charge on any atom is -0.440 e. The number of carbonyl (C=O) groups excluding carboxylic acids is 1. The van der Waals surface area contributed by atoms with Crippen molar-refractivity contribution in [2.24, 2.45) is 11.8 Å². The number of thiophene rings is 1. The largest absolute Gasteiger partial charge is 0.440 e. The van der Waals surface area contributed by atoms with Crippen molar-refractivity contribution in [3.63, 3.8) is 0 Å². The first kappa shape index (κ1) is 22.2. The van der Waals surface area contributed by atoms with Gasteiger partial charge in [0.1, 0.15) is 11.5 Å². The Kier molecular flexibility index (Phi) is 8.03. The molecule has 1 amide bonds. The number of hydrogen-bond donors (Lipinski definition) is 1. The van der Waals surface area contributed by atoms with Crippen LogP contribution >= 0.6 is 11.3 Å². The van der Waals surface area contributed by atoms with Gasteiger partial charge < -0.3 is 14.6 Å². The maximum atomic E-state index is 12.4. The van der Waals surface area contributed by atoms with Crippen molar-refractivity contribution in [3.8, 4) is 10.8 Å². The van der Waals surface area contributed by atoms with E-state index in [0.29, 0.717) is 23.9 Å². The number of hydrogen-bond acceptors (Lipinski definition) is 6. The van der Waals surface area contributed by atoms with Gasteiger partial charge in [-0.25, -0.2) is 4.98 Å². The lowest BCUT2D eigenvalue weighted by Gasteiger charge is -2.34. The first-order valence-electron chi connectivity index (χ1n) is 10.2. The Morgan fingerprint density at radius 3 is 2.83 bits per heavy atom. The second kappa shape index (κ2) is 10.5. The van der Waals surface area contributed by atoms with Gasteiger partial charge in [0.05, 0.1) is 16.3 Å². The topological polar surface area (TPSA) is 75.4 Å². The molecule has 0 unspecified atom stereocenters. The molecule has 0 spiro atoms. The molecule has 6 nitrogen and oxygen atoms in total. The SMILES string of the molecule is Cc1oc(-c2cccs2)nc1C[S@@](=O)CC(=O)NCCCN1C[C@@H](C)C[C@H](C)C1. The van der Waals surface area contributed by atoms with Crippen molar-refractivity contribution in [1.29, 1.82) is 0 Å². The molecule has 1 saturated heterocycles. The normalized spacial score (nSPS) is 21.2. The maximum absolute atomic E-state index is 12.4. The van der Waals surface area contributed by atoms with Crippen LogP contribution in [0.25, 0.3) is 10.8 Å². The minimum absolute atomic E-state index is 0.00157. The summed E-state index contributed by atoms with van der Waals surface area (Å²) in [5, 5.41) is 4.86. The van der Waals surface area contributed by atoms with Crippen LogP contribution in [0.5, 0.6) is 0 Å². The Morgan fingerprint density at radius 2 is 2.14 bits per heavy atom. The molecule has 160 valence electrons. The van der Waals surface area contributed by atoms with Crippen LogP contribution < -0.4 is 5.32 Å². The number of aryl methyl sites for hydroxylation is 1. The summed E-state index contributed by atoms with van der Waals surface area (Å²) in [7, 11) is -1.31. The van der Waals surface area contributed by atoms with E-state index in [1.807, 2.05) is 24.4 Å². The van der Waals surface area contributed by atoms with E-state index in [1.165, 1.54) is 6.42 Å². The average molecular weight is 438 g/mol. The molecular formula is C21H31N3O3S2. The van der Waals surface area contributed by atoms with Gasteiger partial charge in [-0.1, -0.05) is 19.9 Å². The zero-order chi connectivity index (χ0) is 20.8. The van der Waals surface area contributed by atoms with Crippen LogP contribution in [0.2, 0.25) is 0 Å². The van der Waals surface area contributed by atoms with E-state index >= 15 is 0 Å². The minimum atomic E-state index is -1.31. The lowest BCUT2D eigenvalue weighted by atomic mass is 9.92. The predicted octanol–water partition coefficient (Wildman–Crippen LogP) is 3.44. The van der Waals surface area contributed by atoms with E-state index in [0.717, 1.165) is 42.8 Å². The molecule has 3 heterocycles. The summed E-state index contributed by atoms with van der Waals surface area (Å²) in [4.78, 5) is 20.0. The quantitative estimate of drug-likeness (QED) is 0.608. The molecule has 0 bridgehead atoms. The van der Waals surface area contributed by atoms with Gasteiger partial charge in [0.25, 0.3) is 0 Å². The van der Waals surface area contributed by atoms with Gasteiger partial charge >= 0.3 is 0 Å². The molecule has 8 heteroatoms. The predicted molar refractivity (Wildman–Crippen MR) is 118 cm³/mol. The molecule has 0 aliphatic carbocycles. The van der Waals surface area contributed by atoms with Crippen LogP contribution in [0, 0.1) is 18.8 Å². The van der Waals surface area contributed by atoms with Crippen molar-refractivity contribution < 1.29 is 13.4 Å². The molecule has 3 atom stereocenters. The Labute approximate surface area is 179 Å². The Bertz CT molecular complexity index is 809. The summed E-state index contributed by atoms with van der Waals surface area (Å²) in [6.45, 7) is 10.3. The molecule has 1 fully saturated rings. The molecule has 0 saturated carbocycles. The van der Waals surface area contributed by atoms with Crippen molar-refractivity contribution in [3.05, 3.63) is 29.0 Å². The van der Waals surface area contributed by atoms with Gasteiger partial charge in [-0.2, -0.15) is 0 Å². The molecule has 0 radical (unpaired) electrons. The summed E-state index contributed by atoms with van der Waals surface area (Å²) in [5.74, 6) is 2.77. The van der Waals surface area contributed by atoms with Gasteiger partial charge in [-0.3, -0.25) is 9.00 Å². The maximum Gasteiger partial charge on any atom is 0.236 e. The standard InChI is InChI=1S/C21H31N3O3S2/c1-15-10-16(2)12-24(11-15)8-5-7-22-20(25)14-29(26)13-18-17(3)27-21(23-18)19-6-4-9-28-19/h4,6,9,15-16H,5,7-8,10-14H2,1-3H3,(H,22,25)/t15-,16-,29+/m0/s1. The fraction of sp³-hybridized carbons (Fsp3) is 0.619. The van der Waals surface area contributed by atoms with Crippen LogP contribution in [0.1, 0.15) is 38.1 Å². The van der Waals surface area contributed by atoms with Crippen LogP contribution in [0.15, 0.2) is 21.9 Å². The van der Waals surface area contributed by atoms with Crippen molar-refractivity contribution >= 4 is 28.0 Å². The monoisotopic (exact) mass is 437 g/mol. The van der Waals surface area contributed by atoms with E-state index in [2.05, 4.69) is 29.0 Å². The average Bonchev–Trinajstić information content (AvgIpc) is 3.28.